The minimum absolute atomic E-state index is 0.0211. The topological polar surface area (TPSA) is 29.5 Å². The normalized spacial score (nSPS) is 13.3. The van der Waals surface area contributed by atoms with Crippen LogP contribution in [0.1, 0.15) is 18.4 Å². The fourth-order valence-corrected chi connectivity index (χ4v) is 1.96. The lowest BCUT2D eigenvalue weighted by Crippen LogP contribution is -2.38. The molecule has 1 aromatic rings. The molecule has 3 nitrogen and oxygen atoms in total. The van der Waals surface area contributed by atoms with Crippen LogP contribution in [-0.2, 0) is 9.53 Å². The van der Waals surface area contributed by atoms with Crippen LogP contribution in [0.3, 0.4) is 0 Å². The van der Waals surface area contributed by atoms with Gasteiger partial charge in [-0.25, -0.2) is 0 Å². The van der Waals surface area contributed by atoms with E-state index in [4.69, 9.17) is 4.74 Å². The van der Waals surface area contributed by atoms with Crippen molar-refractivity contribution < 1.29 is 22.7 Å². The van der Waals surface area contributed by atoms with Gasteiger partial charge in [-0.05, 0) is 12.1 Å². The molecular formula is C14H18F3NO2. The van der Waals surface area contributed by atoms with Crippen LogP contribution in [-0.4, -0.2) is 43.8 Å². The molecule has 0 N–H and O–H groups in total. The molecule has 0 heterocycles. The summed E-state index contributed by atoms with van der Waals surface area (Å²) in [5.41, 5.74) is 0.653. The molecule has 1 rings (SSSR count). The molecule has 1 aromatic carbocycles. The lowest BCUT2D eigenvalue weighted by Gasteiger charge is -2.26. The van der Waals surface area contributed by atoms with Crippen LogP contribution in [0, 0.1) is 0 Å². The molecule has 0 aliphatic carbocycles. The Hall–Kier alpha value is -1.56. The van der Waals surface area contributed by atoms with Gasteiger partial charge in [-0.1, -0.05) is 37.3 Å². The lowest BCUT2D eigenvalue weighted by molar-refractivity contribution is -0.152. The highest BCUT2D eigenvalue weighted by atomic mass is 19.4. The Kier molecular flexibility index (Phi) is 6.01. The van der Waals surface area contributed by atoms with E-state index in [2.05, 4.69) is 0 Å². The van der Waals surface area contributed by atoms with Crippen LogP contribution in [0.15, 0.2) is 30.3 Å². The van der Waals surface area contributed by atoms with Gasteiger partial charge in [-0.15, -0.1) is 0 Å². The second kappa shape index (κ2) is 7.28. The Morgan fingerprint density at radius 1 is 1.30 bits per heavy atom. The molecule has 0 radical (unpaired) electrons. The summed E-state index contributed by atoms with van der Waals surface area (Å²) in [7, 11) is 1.23. The number of methoxy groups -OCH3 is 1. The van der Waals surface area contributed by atoms with Crippen molar-refractivity contribution in [3.8, 4) is 0 Å². The van der Waals surface area contributed by atoms with Gasteiger partial charge in [-0.3, -0.25) is 9.69 Å². The first-order valence-corrected chi connectivity index (χ1v) is 6.29. The molecule has 6 heteroatoms. The van der Waals surface area contributed by atoms with Gasteiger partial charge in [0.2, 0.25) is 0 Å². The van der Waals surface area contributed by atoms with Gasteiger partial charge < -0.3 is 4.74 Å². The molecule has 0 spiro atoms. The van der Waals surface area contributed by atoms with Crippen LogP contribution in [0.5, 0.6) is 0 Å². The zero-order chi connectivity index (χ0) is 15.2. The number of alkyl halides is 3. The number of likely N-dealkylation sites (N-methyl/N-ethyl adjacent to an activating group) is 1. The molecule has 1 unspecified atom stereocenters. The molecule has 0 amide bonds. The smallest absolute Gasteiger partial charge is 0.401 e. The number of rotatable bonds is 6. The number of carbonyl (C=O) groups is 1. The summed E-state index contributed by atoms with van der Waals surface area (Å²) in [6.45, 7) is 0.779. The summed E-state index contributed by atoms with van der Waals surface area (Å²) in [6.07, 6.45) is -4.28. The highest BCUT2D eigenvalue weighted by molar-refractivity contribution is 5.78. The van der Waals surface area contributed by atoms with Crippen LogP contribution in [0.4, 0.5) is 13.2 Å². The maximum atomic E-state index is 12.5. The van der Waals surface area contributed by atoms with E-state index in [-0.39, 0.29) is 13.1 Å². The zero-order valence-electron chi connectivity index (χ0n) is 11.5. The van der Waals surface area contributed by atoms with Crippen LogP contribution in [0.25, 0.3) is 0 Å². The monoisotopic (exact) mass is 289 g/mol. The standard InChI is InChI=1S/C14H18F3NO2/c1-3-18(10-14(15,16)17)9-12(13(19)20-2)11-7-5-4-6-8-11/h4-8,12H,3,9-10H2,1-2H3. The van der Waals surface area contributed by atoms with E-state index in [0.717, 1.165) is 0 Å². The fourth-order valence-electron chi connectivity index (χ4n) is 1.96. The maximum Gasteiger partial charge on any atom is 0.401 e. The molecule has 1 atom stereocenters. The van der Waals surface area contributed by atoms with Crippen molar-refractivity contribution in [2.75, 3.05) is 26.7 Å². The molecule has 0 bridgehead atoms. The van der Waals surface area contributed by atoms with Gasteiger partial charge >= 0.3 is 12.1 Å². The van der Waals surface area contributed by atoms with Gasteiger partial charge in [0.1, 0.15) is 0 Å². The van der Waals surface area contributed by atoms with E-state index in [1.165, 1.54) is 12.0 Å². The third-order valence-corrected chi connectivity index (χ3v) is 2.98. The Bertz CT molecular complexity index is 420. The van der Waals surface area contributed by atoms with Crippen molar-refractivity contribution in [3.63, 3.8) is 0 Å². The Labute approximate surface area is 116 Å². The summed E-state index contributed by atoms with van der Waals surface area (Å²) >= 11 is 0. The number of benzene rings is 1. The fraction of sp³-hybridized carbons (Fsp3) is 0.500. The minimum atomic E-state index is -4.28. The van der Waals surface area contributed by atoms with E-state index in [1.807, 2.05) is 0 Å². The number of hydrogen-bond acceptors (Lipinski definition) is 3. The van der Waals surface area contributed by atoms with Crippen LogP contribution < -0.4 is 0 Å². The summed E-state index contributed by atoms with van der Waals surface area (Å²) in [4.78, 5) is 13.0. The number of carbonyl (C=O) groups excluding carboxylic acids is 1. The molecule has 0 aliphatic rings. The Balaban J connectivity index is 2.87. The van der Waals surface area contributed by atoms with E-state index in [1.54, 1.807) is 37.3 Å². The first kappa shape index (κ1) is 16.5. The number of esters is 1. The first-order chi connectivity index (χ1) is 9.37. The average Bonchev–Trinajstić information content (AvgIpc) is 2.42. The minimum Gasteiger partial charge on any atom is -0.469 e. The third-order valence-electron chi connectivity index (χ3n) is 2.98. The SMILES string of the molecule is CCN(CC(C(=O)OC)c1ccccc1)CC(F)(F)F. The zero-order valence-corrected chi connectivity index (χ0v) is 11.5. The molecule has 0 aliphatic heterocycles. The molecule has 0 fully saturated rings. The summed E-state index contributed by atoms with van der Waals surface area (Å²) in [5.74, 6) is -1.25. The molecule has 112 valence electrons. The van der Waals surface area contributed by atoms with Crippen molar-refractivity contribution in [1.82, 2.24) is 4.90 Å². The van der Waals surface area contributed by atoms with Crippen molar-refractivity contribution in [1.29, 1.82) is 0 Å². The molecular weight excluding hydrogens is 271 g/mol. The number of nitrogens with zero attached hydrogens (tertiary/aromatic N) is 1. The number of hydrogen-bond donors (Lipinski definition) is 0. The predicted octanol–water partition coefficient (Wildman–Crippen LogP) is 2.83. The van der Waals surface area contributed by atoms with Crippen molar-refractivity contribution >= 4 is 5.97 Å². The van der Waals surface area contributed by atoms with Gasteiger partial charge in [0.15, 0.2) is 0 Å². The van der Waals surface area contributed by atoms with Gasteiger partial charge in [0, 0.05) is 6.54 Å². The van der Waals surface area contributed by atoms with E-state index in [0.29, 0.717) is 5.56 Å². The van der Waals surface area contributed by atoms with Crippen molar-refractivity contribution in [2.45, 2.75) is 19.0 Å². The van der Waals surface area contributed by atoms with Crippen molar-refractivity contribution in [2.24, 2.45) is 0 Å². The lowest BCUT2D eigenvalue weighted by atomic mass is 9.98. The summed E-state index contributed by atoms with van der Waals surface area (Å²) in [5, 5.41) is 0. The first-order valence-electron chi connectivity index (χ1n) is 6.29. The average molecular weight is 289 g/mol. The quantitative estimate of drug-likeness (QED) is 0.754. The van der Waals surface area contributed by atoms with E-state index in [9.17, 15) is 18.0 Å². The Morgan fingerprint density at radius 2 is 1.90 bits per heavy atom. The largest absolute Gasteiger partial charge is 0.469 e. The van der Waals surface area contributed by atoms with Gasteiger partial charge in [-0.2, -0.15) is 13.2 Å². The number of ether oxygens (including phenoxy) is 1. The van der Waals surface area contributed by atoms with Crippen LogP contribution in [0.2, 0.25) is 0 Å². The highest BCUT2D eigenvalue weighted by Crippen LogP contribution is 2.22. The Morgan fingerprint density at radius 3 is 2.35 bits per heavy atom. The third kappa shape index (κ3) is 5.21. The molecule has 20 heavy (non-hydrogen) atoms. The second-order valence-corrected chi connectivity index (χ2v) is 4.43. The van der Waals surface area contributed by atoms with Crippen molar-refractivity contribution in [3.05, 3.63) is 35.9 Å². The highest BCUT2D eigenvalue weighted by Gasteiger charge is 2.32. The molecule has 0 saturated carbocycles. The second-order valence-electron chi connectivity index (χ2n) is 4.43. The predicted molar refractivity (Wildman–Crippen MR) is 69.4 cm³/mol. The van der Waals surface area contributed by atoms with Gasteiger partial charge in [0.25, 0.3) is 0 Å². The van der Waals surface area contributed by atoms with E-state index >= 15 is 0 Å². The van der Waals surface area contributed by atoms with Crippen LogP contribution >= 0.6 is 0 Å². The summed E-state index contributed by atoms with van der Waals surface area (Å²) < 4.78 is 42.1. The van der Waals surface area contributed by atoms with E-state index < -0.39 is 24.6 Å². The molecule has 0 saturated heterocycles. The number of halogens is 3. The molecule has 0 aromatic heterocycles. The van der Waals surface area contributed by atoms with Gasteiger partial charge in [0.05, 0.1) is 19.6 Å². The summed E-state index contributed by atoms with van der Waals surface area (Å²) in [6, 6.07) is 8.69. The maximum absolute atomic E-state index is 12.5.